The van der Waals surface area contributed by atoms with Crippen LogP contribution in [0, 0.1) is 0 Å². The van der Waals surface area contributed by atoms with E-state index in [4.69, 9.17) is 4.74 Å². The molecule has 0 aromatic heterocycles. The lowest BCUT2D eigenvalue weighted by Crippen LogP contribution is -2.32. The summed E-state index contributed by atoms with van der Waals surface area (Å²) in [5, 5.41) is 6.99. The summed E-state index contributed by atoms with van der Waals surface area (Å²) in [5.74, 6) is 1.74. The minimum absolute atomic E-state index is 0.393. The van der Waals surface area contributed by atoms with Gasteiger partial charge in [-0.3, -0.25) is 0 Å². The highest BCUT2D eigenvalue weighted by Crippen LogP contribution is 2.37. The van der Waals surface area contributed by atoms with Gasteiger partial charge in [-0.25, -0.2) is 0 Å². The zero-order valence-corrected chi connectivity index (χ0v) is 19.5. The molecule has 0 saturated carbocycles. The zero-order valence-electron chi connectivity index (χ0n) is 19.5. The number of rotatable bonds is 10. The Balaban J connectivity index is 1.10. The highest BCUT2D eigenvalue weighted by atomic mass is 16.5. The smallest absolute Gasteiger partial charge is 0.123 e. The molecule has 3 aliphatic heterocycles. The third-order valence-corrected chi connectivity index (χ3v) is 7.50. The Labute approximate surface area is 193 Å². The van der Waals surface area contributed by atoms with Gasteiger partial charge in [0.05, 0.1) is 5.70 Å². The molecule has 3 atom stereocenters. The van der Waals surface area contributed by atoms with Gasteiger partial charge in [-0.1, -0.05) is 75.4 Å². The fraction of sp³-hybridized carbons (Fsp3) is 0.517. The summed E-state index contributed by atoms with van der Waals surface area (Å²) in [5.41, 5.74) is 6.87. The largest absolute Gasteiger partial charge is 0.490 e. The van der Waals surface area contributed by atoms with E-state index in [0.29, 0.717) is 18.1 Å². The summed E-state index contributed by atoms with van der Waals surface area (Å²) >= 11 is 0. The van der Waals surface area contributed by atoms with Crippen LogP contribution in [0.4, 0.5) is 0 Å². The summed E-state index contributed by atoms with van der Waals surface area (Å²) in [6.07, 6.45) is 15.3. The van der Waals surface area contributed by atoms with Crippen LogP contribution in [0.15, 0.2) is 48.7 Å². The van der Waals surface area contributed by atoms with E-state index in [2.05, 4.69) is 66.2 Å². The van der Waals surface area contributed by atoms with Crippen molar-refractivity contribution in [3.63, 3.8) is 0 Å². The van der Waals surface area contributed by atoms with Gasteiger partial charge in [0.15, 0.2) is 0 Å². The third-order valence-electron chi connectivity index (χ3n) is 7.50. The van der Waals surface area contributed by atoms with Crippen LogP contribution in [0.5, 0.6) is 5.75 Å². The van der Waals surface area contributed by atoms with Crippen molar-refractivity contribution in [1.82, 2.24) is 10.6 Å². The second kappa shape index (κ2) is 10.1. The van der Waals surface area contributed by atoms with E-state index in [-0.39, 0.29) is 0 Å². The van der Waals surface area contributed by atoms with Crippen LogP contribution in [0.1, 0.15) is 98.9 Å². The minimum Gasteiger partial charge on any atom is -0.490 e. The maximum Gasteiger partial charge on any atom is 0.123 e. The average molecular weight is 431 g/mol. The molecule has 3 nitrogen and oxygen atoms in total. The zero-order chi connectivity index (χ0) is 21.8. The first-order valence-electron chi connectivity index (χ1n) is 12.9. The molecule has 2 aromatic rings. The van der Waals surface area contributed by atoms with E-state index < -0.39 is 0 Å². The van der Waals surface area contributed by atoms with Gasteiger partial charge in [0.1, 0.15) is 11.9 Å². The van der Waals surface area contributed by atoms with Crippen LogP contribution in [0.25, 0.3) is 5.70 Å². The molecule has 0 aliphatic carbocycles. The number of unbranched alkanes of at least 4 members (excludes halogenated alkanes) is 5. The summed E-state index contributed by atoms with van der Waals surface area (Å²) < 4.78 is 6.26. The lowest BCUT2D eigenvalue weighted by atomic mass is 9.85. The molecule has 1 fully saturated rings. The summed E-state index contributed by atoms with van der Waals surface area (Å²) in [6.45, 7) is 3.34. The number of fused-ring (bicyclic) bond motifs is 1. The average Bonchev–Trinajstić information content (AvgIpc) is 3.61. The van der Waals surface area contributed by atoms with Crippen LogP contribution in [0.3, 0.4) is 0 Å². The van der Waals surface area contributed by atoms with Crippen LogP contribution in [0.2, 0.25) is 0 Å². The van der Waals surface area contributed by atoms with E-state index >= 15 is 0 Å². The second-order valence-electron chi connectivity index (χ2n) is 9.93. The SMILES string of the molecule is CCCCCCCCC1Cc2cc(C3CCC(c4ccc(C5=CN5)cc4)NC3)ccc2O1. The van der Waals surface area contributed by atoms with Gasteiger partial charge in [0, 0.05) is 25.2 Å². The molecule has 5 rings (SSSR count). The molecule has 0 bridgehead atoms. The third kappa shape index (κ3) is 5.20. The molecule has 32 heavy (non-hydrogen) atoms. The van der Waals surface area contributed by atoms with Crippen LogP contribution >= 0.6 is 0 Å². The standard InChI is InChI=1S/C29H38N2O/c1-2-3-4-5-6-7-8-26-18-25-17-23(14-16-29(25)32-26)24-13-15-27(30-19-24)21-9-11-22(12-10-21)28-20-31-28/h9-12,14,16-17,20,24,26-27,30-31H,2-8,13,15,18-19H2,1H3. The molecule has 3 heterocycles. The first kappa shape index (κ1) is 21.6. The maximum atomic E-state index is 6.26. The van der Waals surface area contributed by atoms with E-state index in [1.54, 1.807) is 0 Å². The Morgan fingerprint density at radius 2 is 1.69 bits per heavy atom. The number of hydrogen-bond donors (Lipinski definition) is 2. The molecule has 3 unspecified atom stereocenters. The van der Waals surface area contributed by atoms with Crippen molar-refractivity contribution in [2.24, 2.45) is 0 Å². The lowest BCUT2D eigenvalue weighted by molar-refractivity contribution is 0.216. The highest BCUT2D eigenvalue weighted by Gasteiger charge is 2.27. The van der Waals surface area contributed by atoms with E-state index in [0.717, 1.165) is 18.7 Å². The van der Waals surface area contributed by atoms with Crippen LogP contribution < -0.4 is 15.4 Å². The Kier molecular flexibility index (Phi) is 6.83. The second-order valence-corrected chi connectivity index (χ2v) is 9.93. The van der Waals surface area contributed by atoms with Gasteiger partial charge in [-0.2, -0.15) is 0 Å². The maximum absolute atomic E-state index is 6.26. The Morgan fingerprint density at radius 3 is 2.44 bits per heavy atom. The van der Waals surface area contributed by atoms with Gasteiger partial charge >= 0.3 is 0 Å². The molecule has 3 aliphatic rings. The van der Waals surface area contributed by atoms with Crippen molar-refractivity contribution in [1.29, 1.82) is 0 Å². The number of benzene rings is 2. The van der Waals surface area contributed by atoms with E-state index in [1.165, 1.54) is 85.7 Å². The van der Waals surface area contributed by atoms with Gasteiger partial charge < -0.3 is 15.4 Å². The number of ether oxygens (including phenoxy) is 1. The van der Waals surface area contributed by atoms with Gasteiger partial charge in [-0.15, -0.1) is 0 Å². The molecular weight excluding hydrogens is 392 g/mol. The monoisotopic (exact) mass is 430 g/mol. The highest BCUT2D eigenvalue weighted by molar-refractivity contribution is 5.74. The molecule has 2 aromatic carbocycles. The quantitative estimate of drug-likeness (QED) is 0.405. The molecule has 0 amide bonds. The van der Waals surface area contributed by atoms with E-state index in [9.17, 15) is 0 Å². The molecule has 2 N–H and O–H groups in total. The molecule has 0 spiro atoms. The topological polar surface area (TPSA) is 43.2 Å². The number of nitrogens with one attached hydrogen (secondary N) is 2. The fourth-order valence-electron chi connectivity index (χ4n) is 5.43. The molecule has 170 valence electrons. The van der Waals surface area contributed by atoms with Gasteiger partial charge in [0.2, 0.25) is 0 Å². The number of piperidine rings is 1. The van der Waals surface area contributed by atoms with E-state index in [1.807, 2.05) is 0 Å². The van der Waals surface area contributed by atoms with Gasteiger partial charge in [-0.05, 0) is 59.9 Å². The van der Waals surface area contributed by atoms with Crippen molar-refractivity contribution in [2.75, 3.05) is 6.54 Å². The first-order chi connectivity index (χ1) is 15.8. The summed E-state index contributed by atoms with van der Waals surface area (Å²) in [6, 6.07) is 16.5. The molecule has 1 saturated heterocycles. The fourth-order valence-corrected chi connectivity index (χ4v) is 5.43. The lowest BCUT2D eigenvalue weighted by Gasteiger charge is -2.30. The van der Waals surface area contributed by atoms with Crippen molar-refractivity contribution in [3.05, 3.63) is 70.9 Å². The van der Waals surface area contributed by atoms with Crippen LogP contribution in [-0.2, 0) is 6.42 Å². The summed E-state index contributed by atoms with van der Waals surface area (Å²) in [7, 11) is 0. The van der Waals surface area contributed by atoms with Crippen molar-refractivity contribution < 1.29 is 4.74 Å². The molecular formula is C29H38N2O. The predicted octanol–water partition coefficient (Wildman–Crippen LogP) is 6.85. The Bertz CT molecular complexity index is 925. The molecule has 3 heteroatoms. The Morgan fingerprint density at radius 1 is 0.906 bits per heavy atom. The number of hydrogen-bond acceptors (Lipinski definition) is 3. The van der Waals surface area contributed by atoms with Crippen molar-refractivity contribution in [3.8, 4) is 5.75 Å². The first-order valence-corrected chi connectivity index (χ1v) is 12.9. The van der Waals surface area contributed by atoms with Crippen LogP contribution in [-0.4, -0.2) is 12.6 Å². The molecule has 0 radical (unpaired) electrons. The van der Waals surface area contributed by atoms with Crippen molar-refractivity contribution >= 4 is 5.70 Å². The summed E-state index contributed by atoms with van der Waals surface area (Å²) in [4.78, 5) is 0. The normalized spacial score (nSPS) is 23.8. The van der Waals surface area contributed by atoms with Gasteiger partial charge in [0.25, 0.3) is 0 Å². The Hall–Kier alpha value is -2.26. The predicted molar refractivity (Wildman–Crippen MR) is 133 cm³/mol. The van der Waals surface area contributed by atoms with Crippen molar-refractivity contribution in [2.45, 2.75) is 89.2 Å². The minimum atomic E-state index is 0.393.